The highest BCUT2D eigenvalue weighted by molar-refractivity contribution is 7.91. The number of hydrogen-bond donors (Lipinski definition) is 2. The number of benzene rings is 1. The highest BCUT2D eigenvalue weighted by Crippen LogP contribution is 2.16. The molecule has 0 aliphatic heterocycles. The van der Waals surface area contributed by atoms with Gasteiger partial charge in [0.05, 0.1) is 23.6 Å². The second kappa shape index (κ2) is 9.24. The number of hydrogen-bond acceptors (Lipinski definition) is 6. The first kappa shape index (κ1) is 19.9. The van der Waals surface area contributed by atoms with E-state index in [1.165, 1.54) is 31.3 Å². The number of likely N-dealkylation sites (N-methyl/N-ethyl adjacent to an activating group) is 1. The average Bonchev–Trinajstić information content (AvgIpc) is 2.56. The van der Waals surface area contributed by atoms with E-state index in [0.717, 1.165) is 0 Å². The first-order valence-corrected chi connectivity index (χ1v) is 8.89. The molecule has 0 heterocycles. The fourth-order valence-electron chi connectivity index (χ4n) is 1.51. The first-order chi connectivity index (χ1) is 11.2. The Kier molecular flexibility index (Phi) is 7.66. The second-order valence-corrected chi connectivity index (χ2v) is 7.18. The maximum Gasteiger partial charge on any atom is 0.307 e. The van der Waals surface area contributed by atoms with Crippen LogP contribution in [-0.2, 0) is 29.0 Å². The van der Waals surface area contributed by atoms with Crippen molar-refractivity contribution in [2.24, 2.45) is 0 Å². The van der Waals surface area contributed by atoms with E-state index in [4.69, 9.17) is 11.6 Å². The van der Waals surface area contributed by atoms with E-state index >= 15 is 0 Å². The zero-order valence-electron chi connectivity index (χ0n) is 12.9. The normalized spacial score (nSPS) is 10.8. The molecule has 1 aromatic rings. The van der Waals surface area contributed by atoms with E-state index in [-0.39, 0.29) is 11.4 Å². The summed E-state index contributed by atoms with van der Waals surface area (Å²) in [6.07, 6.45) is -0.395. The van der Waals surface area contributed by atoms with Gasteiger partial charge in [0.1, 0.15) is 0 Å². The van der Waals surface area contributed by atoms with Crippen LogP contribution in [0.4, 0.5) is 0 Å². The van der Waals surface area contributed by atoms with Crippen molar-refractivity contribution in [3.8, 4) is 0 Å². The van der Waals surface area contributed by atoms with E-state index < -0.39 is 46.4 Å². The third kappa shape index (κ3) is 6.97. The molecule has 0 bridgehead atoms. The van der Waals surface area contributed by atoms with Gasteiger partial charge in [-0.15, -0.1) is 0 Å². The summed E-state index contributed by atoms with van der Waals surface area (Å²) < 4.78 is 28.7. The lowest BCUT2D eigenvalue weighted by Gasteiger charge is -2.07. The van der Waals surface area contributed by atoms with Crippen molar-refractivity contribution in [2.75, 3.05) is 26.0 Å². The van der Waals surface area contributed by atoms with Crippen LogP contribution in [0.5, 0.6) is 0 Å². The molecule has 0 saturated heterocycles. The van der Waals surface area contributed by atoms with Crippen molar-refractivity contribution < 1.29 is 27.5 Å². The van der Waals surface area contributed by atoms with E-state index in [2.05, 4.69) is 15.4 Å². The summed E-state index contributed by atoms with van der Waals surface area (Å²) in [6, 6.07) is 5.55. The largest absolute Gasteiger partial charge is 0.456 e. The van der Waals surface area contributed by atoms with Crippen molar-refractivity contribution >= 4 is 39.2 Å². The molecule has 0 radical (unpaired) electrons. The van der Waals surface area contributed by atoms with E-state index in [0.29, 0.717) is 5.02 Å². The molecule has 0 atom stereocenters. The second-order valence-electron chi connectivity index (χ2n) is 4.63. The molecule has 8 nitrogen and oxygen atoms in total. The van der Waals surface area contributed by atoms with Gasteiger partial charge in [-0.1, -0.05) is 11.6 Å². The van der Waals surface area contributed by atoms with Crippen molar-refractivity contribution in [3.63, 3.8) is 0 Å². The Bertz CT molecular complexity index is 702. The minimum atomic E-state index is -3.65. The van der Waals surface area contributed by atoms with E-state index in [9.17, 15) is 22.8 Å². The standard InChI is InChI=1S/C14H17ClN2O6S/c1-16-12(18)8-17-13(19)9-23-14(20)6-7-24(21,22)11-4-2-10(15)3-5-11/h2-5H,6-9H2,1H3,(H,16,18)(H,17,19). The molecule has 132 valence electrons. The van der Waals surface area contributed by atoms with Gasteiger partial charge in [0.2, 0.25) is 5.91 Å². The molecule has 0 fully saturated rings. The molecule has 0 aliphatic rings. The van der Waals surface area contributed by atoms with Crippen molar-refractivity contribution in [1.82, 2.24) is 10.6 Å². The Morgan fingerprint density at radius 2 is 1.75 bits per heavy atom. The maximum absolute atomic E-state index is 12.0. The first-order valence-electron chi connectivity index (χ1n) is 6.86. The van der Waals surface area contributed by atoms with Gasteiger partial charge in [0.15, 0.2) is 16.4 Å². The quantitative estimate of drug-likeness (QED) is 0.612. The Balaban J connectivity index is 2.39. The number of esters is 1. The number of rotatable bonds is 8. The predicted octanol–water partition coefficient (Wildman–Crippen LogP) is -0.0908. The summed E-state index contributed by atoms with van der Waals surface area (Å²) in [5, 5.41) is 4.94. The molecule has 1 aromatic carbocycles. The molecule has 10 heteroatoms. The predicted molar refractivity (Wildman–Crippen MR) is 86.2 cm³/mol. The zero-order chi connectivity index (χ0) is 18.2. The smallest absolute Gasteiger partial charge is 0.307 e. The number of carbonyl (C=O) groups excluding carboxylic acids is 3. The average molecular weight is 377 g/mol. The summed E-state index contributed by atoms with van der Waals surface area (Å²) in [4.78, 5) is 33.8. The molecule has 0 aliphatic carbocycles. The minimum Gasteiger partial charge on any atom is -0.456 e. The van der Waals surface area contributed by atoms with Gasteiger partial charge in [-0.05, 0) is 24.3 Å². The highest BCUT2D eigenvalue weighted by atomic mass is 35.5. The molecular weight excluding hydrogens is 360 g/mol. The van der Waals surface area contributed by atoms with Crippen molar-refractivity contribution in [3.05, 3.63) is 29.3 Å². The minimum absolute atomic E-state index is 0.0445. The lowest BCUT2D eigenvalue weighted by molar-refractivity contribution is -0.148. The van der Waals surface area contributed by atoms with Gasteiger partial charge in [-0.3, -0.25) is 14.4 Å². The van der Waals surface area contributed by atoms with Crippen LogP contribution in [0.2, 0.25) is 5.02 Å². The monoisotopic (exact) mass is 376 g/mol. The number of sulfone groups is 1. The lowest BCUT2D eigenvalue weighted by Crippen LogP contribution is -2.37. The van der Waals surface area contributed by atoms with Crippen LogP contribution in [-0.4, -0.2) is 52.2 Å². The van der Waals surface area contributed by atoms with Crippen LogP contribution in [0.1, 0.15) is 6.42 Å². The van der Waals surface area contributed by atoms with Gasteiger partial charge < -0.3 is 15.4 Å². The molecule has 24 heavy (non-hydrogen) atoms. The fourth-order valence-corrected chi connectivity index (χ4v) is 2.86. The third-order valence-electron chi connectivity index (χ3n) is 2.84. The highest BCUT2D eigenvalue weighted by Gasteiger charge is 2.17. The molecule has 0 unspecified atom stereocenters. The van der Waals surface area contributed by atoms with Crippen LogP contribution >= 0.6 is 11.6 Å². The summed E-state index contributed by atoms with van der Waals surface area (Å²) >= 11 is 5.68. The summed E-state index contributed by atoms with van der Waals surface area (Å²) in [5.74, 6) is -2.34. The molecule has 1 rings (SSSR count). The van der Waals surface area contributed by atoms with E-state index in [1.54, 1.807) is 0 Å². The maximum atomic E-state index is 12.0. The lowest BCUT2D eigenvalue weighted by atomic mass is 10.4. The fraction of sp³-hybridized carbons (Fsp3) is 0.357. The van der Waals surface area contributed by atoms with Crippen molar-refractivity contribution in [1.29, 1.82) is 0 Å². The summed E-state index contributed by atoms with van der Waals surface area (Å²) in [5.41, 5.74) is 0. The van der Waals surface area contributed by atoms with Crippen LogP contribution in [0.25, 0.3) is 0 Å². The van der Waals surface area contributed by atoms with Gasteiger partial charge in [-0.2, -0.15) is 0 Å². The Morgan fingerprint density at radius 1 is 1.12 bits per heavy atom. The molecule has 0 aromatic heterocycles. The van der Waals surface area contributed by atoms with Gasteiger partial charge in [0, 0.05) is 12.1 Å². The number of amides is 2. The Morgan fingerprint density at radius 3 is 2.33 bits per heavy atom. The number of ether oxygens (including phenoxy) is 1. The van der Waals surface area contributed by atoms with Crippen molar-refractivity contribution in [2.45, 2.75) is 11.3 Å². The summed E-state index contributed by atoms with van der Waals surface area (Å²) in [7, 11) is -2.24. The SMILES string of the molecule is CNC(=O)CNC(=O)COC(=O)CCS(=O)(=O)c1ccc(Cl)cc1. The van der Waals surface area contributed by atoms with Crippen LogP contribution in [0.15, 0.2) is 29.2 Å². The summed E-state index contributed by atoms with van der Waals surface area (Å²) in [6.45, 7) is -0.825. The number of halogens is 1. The van der Waals surface area contributed by atoms with Crippen LogP contribution in [0.3, 0.4) is 0 Å². The molecule has 2 amide bonds. The van der Waals surface area contributed by atoms with Crippen LogP contribution in [0, 0.1) is 0 Å². The Hall–Kier alpha value is -2.13. The third-order valence-corrected chi connectivity index (χ3v) is 4.82. The van der Waals surface area contributed by atoms with Crippen LogP contribution < -0.4 is 10.6 Å². The van der Waals surface area contributed by atoms with E-state index in [1.807, 2.05) is 0 Å². The Labute approximate surface area is 144 Å². The zero-order valence-corrected chi connectivity index (χ0v) is 14.4. The molecule has 2 N–H and O–H groups in total. The molecular formula is C14H17ClN2O6S. The molecule has 0 spiro atoms. The van der Waals surface area contributed by atoms with Gasteiger partial charge in [0.25, 0.3) is 5.91 Å². The topological polar surface area (TPSA) is 119 Å². The number of nitrogens with one attached hydrogen (secondary N) is 2. The van der Waals surface area contributed by atoms with Gasteiger partial charge in [-0.25, -0.2) is 8.42 Å². The van der Waals surface area contributed by atoms with Gasteiger partial charge >= 0.3 is 5.97 Å². The molecule has 0 saturated carbocycles. The number of carbonyl (C=O) groups is 3.